The van der Waals surface area contributed by atoms with Crippen molar-refractivity contribution < 1.29 is 9.53 Å². The van der Waals surface area contributed by atoms with E-state index in [-0.39, 0.29) is 51.4 Å². The van der Waals surface area contributed by atoms with Gasteiger partial charge in [0.15, 0.2) is 5.75 Å². The fraction of sp³-hybridized carbons (Fsp3) is 0. The fourth-order valence-electron chi connectivity index (χ4n) is 1.28. The van der Waals surface area contributed by atoms with E-state index in [4.69, 9.17) is 4.74 Å². The summed E-state index contributed by atoms with van der Waals surface area (Å²) in [5.74, 6) is 0.0836. The molecule has 0 atom stereocenters. The molecule has 1 heterocycles. The maximum absolute atomic E-state index is 11.0. The summed E-state index contributed by atoms with van der Waals surface area (Å²) < 4.78 is 5.03. The number of hydrogen-bond donors (Lipinski definition) is 1. The first-order valence-electron chi connectivity index (χ1n) is 4.21. The summed E-state index contributed by atoms with van der Waals surface area (Å²) in [6.07, 6.45) is 2.80. The molecule has 15 heavy (non-hydrogen) atoms. The van der Waals surface area contributed by atoms with Gasteiger partial charge in [-0.3, -0.25) is 0 Å². The van der Waals surface area contributed by atoms with E-state index in [1.807, 2.05) is 24.3 Å². The minimum atomic E-state index is -0.449. The van der Waals surface area contributed by atoms with Crippen molar-refractivity contribution in [3.8, 4) is 5.75 Å². The summed E-state index contributed by atoms with van der Waals surface area (Å²) in [6.45, 7) is 3.34. The number of nitrogens with one attached hydrogen (secondary N) is 1. The van der Waals surface area contributed by atoms with Crippen molar-refractivity contribution in [3.05, 3.63) is 43.1 Å². The number of aromatic amines is 1. The normalized spacial score (nSPS) is 9.33. The van der Waals surface area contributed by atoms with Crippen LogP contribution in [-0.4, -0.2) is 62.3 Å². The summed E-state index contributed by atoms with van der Waals surface area (Å²) in [5, 5.41) is 0.891. The molecule has 0 aliphatic carbocycles. The van der Waals surface area contributed by atoms with Crippen molar-refractivity contribution in [1.29, 1.82) is 0 Å². The molecule has 0 aliphatic heterocycles. The second kappa shape index (κ2) is 5.63. The number of fused-ring (bicyclic) bond motifs is 1. The van der Waals surface area contributed by atoms with Crippen LogP contribution < -0.4 is 4.74 Å². The molecule has 0 amide bonds. The Morgan fingerprint density at radius 3 is 2.87 bits per heavy atom. The van der Waals surface area contributed by atoms with E-state index in [1.165, 1.54) is 0 Å². The van der Waals surface area contributed by atoms with Crippen LogP contribution in [0.2, 0.25) is 0 Å². The minimum absolute atomic E-state index is 0. The van der Waals surface area contributed by atoms with Gasteiger partial charge in [-0.15, -0.1) is 0 Å². The monoisotopic (exact) mass is 227 g/mol. The summed E-state index contributed by atoms with van der Waals surface area (Å²) in [7, 11) is 0. The van der Waals surface area contributed by atoms with Crippen LogP contribution in [0.15, 0.2) is 43.1 Å². The predicted molar refractivity (Wildman–Crippen MR) is 61.3 cm³/mol. The number of aromatic nitrogens is 1. The zero-order valence-electron chi connectivity index (χ0n) is 7.49. The Kier molecular flexibility index (Phi) is 4.75. The van der Waals surface area contributed by atoms with E-state index in [9.17, 15) is 4.79 Å². The van der Waals surface area contributed by atoms with E-state index in [0.29, 0.717) is 5.75 Å². The zero-order chi connectivity index (χ0) is 9.97. The Hall–Kier alpha value is -0.394. The van der Waals surface area contributed by atoms with E-state index < -0.39 is 5.97 Å². The number of carbonyl (C=O) groups is 1. The Bertz CT molecular complexity index is 490. The van der Waals surface area contributed by atoms with Crippen LogP contribution in [0.25, 0.3) is 10.9 Å². The van der Waals surface area contributed by atoms with Crippen molar-refractivity contribution in [1.82, 2.24) is 4.98 Å². The van der Waals surface area contributed by atoms with E-state index in [1.54, 1.807) is 6.20 Å². The average Bonchev–Trinajstić information content (AvgIpc) is 2.62. The molecule has 0 aliphatic rings. The van der Waals surface area contributed by atoms with Crippen molar-refractivity contribution >= 4 is 68.3 Å². The van der Waals surface area contributed by atoms with Crippen LogP contribution in [0.3, 0.4) is 0 Å². The molecule has 0 bridgehead atoms. The molecule has 0 fully saturated rings. The van der Waals surface area contributed by atoms with Gasteiger partial charge in [0.2, 0.25) is 0 Å². The molecule has 0 spiro atoms. The van der Waals surface area contributed by atoms with Crippen molar-refractivity contribution in [2.75, 3.05) is 0 Å². The quantitative estimate of drug-likeness (QED) is 0.481. The third-order valence-corrected chi connectivity index (χ3v) is 1.93. The molecule has 0 radical (unpaired) electrons. The Balaban J connectivity index is 0.00000112. The maximum atomic E-state index is 11.0. The molecular formula is C11H10KNO2. The molecule has 4 heteroatoms. The van der Waals surface area contributed by atoms with Crippen molar-refractivity contribution in [2.24, 2.45) is 0 Å². The Morgan fingerprint density at radius 2 is 2.13 bits per heavy atom. The third kappa shape index (κ3) is 2.80. The van der Waals surface area contributed by atoms with Crippen LogP contribution in [0.4, 0.5) is 0 Å². The van der Waals surface area contributed by atoms with Crippen LogP contribution in [0.1, 0.15) is 0 Å². The number of rotatable bonds is 2. The fourth-order valence-corrected chi connectivity index (χ4v) is 1.28. The van der Waals surface area contributed by atoms with Gasteiger partial charge in [-0.25, -0.2) is 4.79 Å². The topological polar surface area (TPSA) is 42.1 Å². The molecule has 72 valence electrons. The predicted octanol–water partition coefficient (Wildman–Crippen LogP) is 1.61. The van der Waals surface area contributed by atoms with E-state index in [2.05, 4.69) is 11.6 Å². The first-order chi connectivity index (χ1) is 6.81. The SMILES string of the molecule is C=CC(=O)Oc1c[nH]c2ccccc12.[KH]. The molecule has 0 saturated heterocycles. The van der Waals surface area contributed by atoms with Gasteiger partial charge in [0.1, 0.15) is 0 Å². The Labute approximate surface area is 130 Å². The average molecular weight is 227 g/mol. The van der Waals surface area contributed by atoms with Gasteiger partial charge < -0.3 is 9.72 Å². The number of hydrogen-bond acceptors (Lipinski definition) is 2. The molecule has 0 saturated carbocycles. The van der Waals surface area contributed by atoms with Gasteiger partial charge in [0, 0.05) is 23.2 Å². The van der Waals surface area contributed by atoms with Gasteiger partial charge in [-0.1, -0.05) is 18.7 Å². The molecule has 1 aromatic carbocycles. The molecule has 3 nitrogen and oxygen atoms in total. The van der Waals surface area contributed by atoms with E-state index >= 15 is 0 Å². The first-order valence-corrected chi connectivity index (χ1v) is 4.21. The molecular weight excluding hydrogens is 217 g/mol. The number of carbonyl (C=O) groups excluding carboxylic acids is 1. The van der Waals surface area contributed by atoms with E-state index in [0.717, 1.165) is 17.0 Å². The first kappa shape index (κ1) is 12.7. The van der Waals surface area contributed by atoms with Gasteiger partial charge in [0.05, 0.1) is 0 Å². The van der Waals surface area contributed by atoms with Gasteiger partial charge in [-0.05, 0) is 12.1 Å². The number of esters is 1. The standard InChI is InChI=1S/C11H9NO2.K.H/c1-2-11(13)14-10-7-12-9-6-4-3-5-8(9)10;;/h2-7,12H,1H2;;. The molecule has 2 aromatic rings. The van der Waals surface area contributed by atoms with Crippen LogP contribution in [0, 0.1) is 0 Å². The number of H-pyrrole nitrogens is 1. The summed E-state index contributed by atoms with van der Waals surface area (Å²) in [6, 6.07) is 7.61. The summed E-state index contributed by atoms with van der Waals surface area (Å²) in [5.41, 5.74) is 0.944. The molecule has 0 unspecified atom stereocenters. The van der Waals surface area contributed by atoms with Crippen LogP contribution in [0.5, 0.6) is 5.75 Å². The zero-order valence-corrected chi connectivity index (χ0v) is 7.49. The second-order valence-corrected chi connectivity index (χ2v) is 2.82. The van der Waals surface area contributed by atoms with Crippen LogP contribution in [-0.2, 0) is 4.79 Å². The van der Waals surface area contributed by atoms with Crippen molar-refractivity contribution in [3.63, 3.8) is 0 Å². The number of benzene rings is 1. The van der Waals surface area contributed by atoms with Gasteiger partial charge in [-0.2, -0.15) is 0 Å². The Morgan fingerprint density at radius 1 is 1.40 bits per heavy atom. The number of para-hydroxylation sites is 1. The molecule has 1 N–H and O–H groups in total. The van der Waals surface area contributed by atoms with Crippen molar-refractivity contribution in [2.45, 2.75) is 0 Å². The third-order valence-electron chi connectivity index (χ3n) is 1.93. The molecule has 1 aromatic heterocycles. The summed E-state index contributed by atoms with van der Waals surface area (Å²) >= 11 is 0. The second-order valence-electron chi connectivity index (χ2n) is 2.82. The molecule has 2 rings (SSSR count). The van der Waals surface area contributed by atoms with Crippen LogP contribution >= 0.6 is 0 Å². The van der Waals surface area contributed by atoms with Gasteiger partial charge >= 0.3 is 57.4 Å². The summed E-state index contributed by atoms with van der Waals surface area (Å²) in [4.78, 5) is 14.0. The van der Waals surface area contributed by atoms with Gasteiger partial charge in [0.25, 0.3) is 0 Å². The number of ether oxygens (including phenoxy) is 1.